The van der Waals surface area contributed by atoms with Crippen LogP contribution in [-0.2, 0) is 32.6 Å². The molecule has 0 heterocycles. The summed E-state index contributed by atoms with van der Waals surface area (Å²) in [7, 11) is 1.08. The maximum absolute atomic E-state index is 3.75. The van der Waals surface area contributed by atoms with Gasteiger partial charge in [0.15, 0.2) is 0 Å². The van der Waals surface area contributed by atoms with Gasteiger partial charge in [0.25, 0.3) is 0 Å². The van der Waals surface area contributed by atoms with E-state index < -0.39 is 0 Å². The molecule has 0 aliphatic heterocycles. The third-order valence-electron chi connectivity index (χ3n) is 8.79. The number of rotatable bonds is 4. The number of fused-ring (bicyclic) bond motifs is 5. The molecular weight excluding hydrogens is 659 g/mol. The van der Waals surface area contributed by atoms with Crippen molar-refractivity contribution in [1.82, 2.24) is 0 Å². The SMILES string of the molecule is CCC(C)C1=Cc2c(-c3c(C)ccc4ccccc34)cccc2C1c1[c-]ccc2c1Cc1ccccc1-2.C[Si]C.[Cl-].[Cl-].[Zr+3]. The van der Waals surface area contributed by atoms with Gasteiger partial charge < -0.3 is 24.8 Å². The van der Waals surface area contributed by atoms with Crippen LogP contribution in [0.4, 0.5) is 0 Å². The average molecular weight is 696 g/mol. The van der Waals surface area contributed by atoms with Crippen LogP contribution in [0.3, 0.4) is 0 Å². The molecule has 2 aliphatic carbocycles. The second-order valence-corrected chi connectivity index (χ2v) is 12.3. The monoisotopic (exact) mass is 693 g/mol. The summed E-state index contributed by atoms with van der Waals surface area (Å²) in [6.07, 6.45) is 4.66. The molecule has 0 aromatic heterocycles. The Kier molecular flexibility index (Phi) is 12.4. The number of hydrogen-bond donors (Lipinski definition) is 0. The van der Waals surface area contributed by atoms with E-state index in [-0.39, 0.29) is 56.9 Å². The molecule has 0 saturated heterocycles. The summed E-state index contributed by atoms with van der Waals surface area (Å²) < 4.78 is 0. The van der Waals surface area contributed by atoms with Gasteiger partial charge in [-0.25, -0.2) is 0 Å². The first-order chi connectivity index (χ1) is 19.6. The molecule has 2 unspecified atom stereocenters. The van der Waals surface area contributed by atoms with E-state index in [0.29, 0.717) is 5.92 Å². The van der Waals surface area contributed by atoms with Crippen LogP contribution >= 0.6 is 0 Å². The molecule has 7 rings (SSSR count). The first-order valence-electron chi connectivity index (χ1n) is 14.6. The molecule has 43 heavy (non-hydrogen) atoms. The molecule has 0 saturated carbocycles. The Labute approximate surface area is 292 Å². The van der Waals surface area contributed by atoms with E-state index in [9.17, 15) is 0 Å². The smallest absolute Gasteiger partial charge is 1.00 e. The van der Waals surface area contributed by atoms with Crippen molar-refractivity contribution < 1.29 is 51.0 Å². The predicted octanol–water partition coefficient (Wildman–Crippen LogP) is 4.55. The normalized spacial score (nSPS) is 14.4. The maximum atomic E-state index is 3.75. The van der Waals surface area contributed by atoms with Crippen molar-refractivity contribution in [2.45, 2.75) is 52.6 Å². The first kappa shape index (κ1) is 35.3. The minimum absolute atomic E-state index is 0. The van der Waals surface area contributed by atoms with Crippen molar-refractivity contribution in [3.8, 4) is 22.3 Å². The van der Waals surface area contributed by atoms with Crippen LogP contribution < -0.4 is 24.8 Å². The summed E-state index contributed by atoms with van der Waals surface area (Å²) in [5.41, 5.74) is 15.4. The van der Waals surface area contributed by atoms with Crippen LogP contribution in [0.5, 0.6) is 0 Å². The largest absolute Gasteiger partial charge is 3.00 e. The van der Waals surface area contributed by atoms with Crippen LogP contribution in [-0.4, -0.2) is 9.52 Å². The quantitative estimate of drug-likeness (QED) is 0.188. The van der Waals surface area contributed by atoms with Gasteiger partial charge in [0.1, 0.15) is 0 Å². The van der Waals surface area contributed by atoms with Gasteiger partial charge in [0.05, 0.1) is 0 Å². The van der Waals surface area contributed by atoms with Crippen LogP contribution in [0.1, 0.15) is 59.6 Å². The number of halogens is 2. The van der Waals surface area contributed by atoms with Gasteiger partial charge in [-0.1, -0.05) is 117 Å². The fourth-order valence-electron chi connectivity index (χ4n) is 6.74. The van der Waals surface area contributed by atoms with Gasteiger partial charge in [-0.05, 0) is 75.4 Å². The number of benzene rings is 5. The average Bonchev–Trinajstić information content (AvgIpc) is 3.56. The van der Waals surface area contributed by atoms with Crippen molar-refractivity contribution in [2.24, 2.45) is 5.92 Å². The second kappa shape index (κ2) is 15.2. The molecule has 5 aromatic rings. The molecule has 0 nitrogen and oxygen atoms in total. The van der Waals surface area contributed by atoms with Crippen molar-refractivity contribution in [2.75, 3.05) is 0 Å². The fraction of sp³-hybridized carbons (Fsp3) is 0.231. The molecular formula is C39H37Cl2SiZr. The Morgan fingerprint density at radius 1 is 0.837 bits per heavy atom. The van der Waals surface area contributed by atoms with E-state index in [0.717, 1.165) is 22.4 Å². The minimum atomic E-state index is 0. The molecule has 4 heteroatoms. The Hall–Kier alpha value is -2.22. The Morgan fingerprint density at radius 3 is 2.30 bits per heavy atom. The Morgan fingerprint density at radius 2 is 1.53 bits per heavy atom. The van der Waals surface area contributed by atoms with Gasteiger partial charge in [-0.15, -0.1) is 16.7 Å². The zero-order valence-electron chi connectivity index (χ0n) is 25.6. The summed E-state index contributed by atoms with van der Waals surface area (Å²) in [6, 6.07) is 37.4. The maximum Gasteiger partial charge on any atom is 3.00 e. The molecule has 3 radical (unpaired) electrons. The molecule has 0 fully saturated rings. The molecule has 2 atom stereocenters. The van der Waals surface area contributed by atoms with Gasteiger partial charge in [-0.3, -0.25) is 0 Å². The van der Waals surface area contributed by atoms with E-state index >= 15 is 0 Å². The zero-order valence-corrected chi connectivity index (χ0v) is 30.5. The fourth-order valence-corrected chi connectivity index (χ4v) is 6.74. The van der Waals surface area contributed by atoms with E-state index in [4.69, 9.17) is 0 Å². The Bertz CT molecular complexity index is 1760. The van der Waals surface area contributed by atoms with Gasteiger partial charge in [0.2, 0.25) is 0 Å². The van der Waals surface area contributed by atoms with E-state index in [1.165, 1.54) is 72.0 Å². The van der Waals surface area contributed by atoms with E-state index in [1.54, 1.807) is 0 Å². The molecule has 0 N–H and O–H groups in total. The topological polar surface area (TPSA) is 0 Å². The third kappa shape index (κ3) is 6.32. The standard InChI is InChI=1S/C37H31.C2H6Si.2ClH.Zr/c1-4-23(2)33-22-35-30(36-24(3)19-20-25-11-5-8-14-28(25)36)16-10-18-32(35)37(33)31-17-9-15-29-27-13-7-6-12-26(27)21-34(29)31;1-3-2;;;/h5-16,18-20,22-23,37H,4,21H2,1-3H3;1-2H3;2*1H;/q-1;;;;+3/p-2. The summed E-state index contributed by atoms with van der Waals surface area (Å²) in [5.74, 6) is 0.761. The summed E-state index contributed by atoms with van der Waals surface area (Å²) in [4.78, 5) is 0. The summed E-state index contributed by atoms with van der Waals surface area (Å²) in [6.45, 7) is 11.3. The molecule has 0 amide bonds. The number of aryl methyl sites for hydroxylation is 1. The van der Waals surface area contributed by atoms with Crippen molar-refractivity contribution in [1.29, 1.82) is 0 Å². The van der Waals surface area contributed by atoms with Crippen molar-refractivity contribution in [3.05, 3.63) is 136 Å². The predicted molar refractivity (Wildman–Crippen MR) is 174 cm³/mol. The second-order valence-electron chi connectivity index (χ2n) is 11.3. The minimum Gasteiger partial charge on any atom is -1.00 e. The van der Waals surface area contributed by atoms with E-state index in [1.807, 2.05) is 0 Å². The molecule has 5 aromatic carbocycles. The molecule has 0 spiro atoms. The molecule has 2 aliphatic rings. The molecule has 215 valence electrons. The van der Waals surface area contributed by atoms with Gasteiger partial charge >= 0.3 is 26.2 Å². The molecule has 0 bridgehead atoms. The third-order valence-corrected chi connectivity index (χ3v) is 8.79. The zero-order chi connectivity index (χ0) is 27.8. The van der Waals surface area contributed by atoms with Gasteiger partial charge in [-0.2, -0.15) is 18.2 Å². The number of allylic oxidation sites excluding steroid dienone is 1. The van der Waals surface area contributed by atoms with Crippen molar-refractivity contribution >= 4 is 26.4 Å². The summed E-state index contributed by atoms with van der Waals surface area (Å²) >= 11 is 0. The van der Waals surface area contributed by atoms with Crippen LogP contribution in [0, 0.1) is 18.9 Å². The van der Waals surface area contributed by atoms with E-state index in [2.05, 4.69) is 137 Å². The van der Waals surface area contributed by atoms with Gasteiger partial charge in [0, 0.05) is 15.4 Å². The van der Waals surface area contributed by atoms with Crippen molar-refractivity contribution in [3.63, 3.8) is 0 Å². The Balaban J connectivity index is 0.000000812. The van der Waals surface area contributed by atoms with Crippen LogP contribution in [0.2, 0.25) is 13.1 Å². The summed E-state index contributed by atoms with van der Waals surface area (Å²) in [5, 5.41) is 2.63. The van der Waals surface area contributed by atoms with Crippen LogP contribution in [0.15, 0.2) is 96.6 Å². The number of hydrogen-bond acceptors (Lipinski definition) is 0. The first-order valence-corrected chi connectivity index (χ1v) is 16.6. The van der Waals surface area contributed by atoms with Crippen LogP contribution in [0.25, 0.3) is 39.1 Å².